The smallest absolute Gasteiger partial charge is 0.151 e. The second-order valence-electron chi connectivity index (χ2n) is 4.51. The van der Waals surface area contributed by atoms with Crippen molar-refractivity contribution in [1.29, 1.82) is 5.26 Å². The molecule has 2 aromatic rings. The molecule has 0 amide bonds. The van der Waals surface area contributed by atoms with Gasteiger partial charge in [0.15, 0.2) is 5.70 Å². The van der Waals surface area contributed by atoms with E-state index in [-0.39, 0.29) is 5.70 Å². The molecule has 0 aliphatic carbocycles. The molecule has 2 rings (SSSR count). The lowest BCUT2D eigenvalue weighted by molar-refractivity contribution is 0.920. The highest BCUT2D eigenvalue weighted by Crippen LogP contribution is 2.22. The van der Waals surface area contributed by atoms with Gasteiger partial charge in [-0.15, -0.1) is 0 Å². The van der Waals surface area contributed by atoms with Crippen LogP contribution in [0.2, 0.25) is 0 Å². The van der Waals surface area contributed by atoms with Gasteiger partial charge in [0.25, 0.3) is 0 Å². The van der Waals surface area contributed by atoms with Gasteiger partial charge in [-0.25, -0.2) is 5.84 Å². The number of benzene rings is 1. The van der Waals surface area contributed by atoms with Crippen molar-refractivity contribution in [2.24, 2.45) is 11.6 Å². The van der Waals surface area contributed by atoms with Crippen LogP contribution in [0.4, 0.5) is 0 Å². The number of nitrogens with zero attached hydrogens (tertiary/aromatic N) is 2. The molecular formula is C15H16N5P. The molecule has 0 radical (unpaired) electrons. The van der Waals surface area contributed by atoms with Crippen LogP contribution in [0.15, 0.2) is 42.1 Å². The molecule has 0 bridgehead atoms. The fourth-order valence-corrected chi connectivity index (χ4v) is 2.46. The van der Waals surface area contributed by atoms with Crippen molar-refractivity contribution in [2.45, 2.75) is 6.92 Å². The first kappa shape index (κ1) is 15.0. The Labute approximate surface area is 125 Å². The molecule has 1 unspecified atom stereocenters. The number of pyridine rings is 1. The second kappa shape index (κ2) is 6.36. The highest BCUT2D eigenvalue weighted by Gasteiger charge is 2.08. The Morgan fingerprint density at radius 2 is 2.10 bits per heavy atom. The SMILES string of the molecule is Cc1ccc(-c2cccc(/C(N)=C(\C#N)NN)c2)c(P)n1. The van der Waals surface area contributed by atoms with Crippen molar-refractivity contribution >= 4 is 20.4 Å². The minimum atomic E-state index is 0.139. The van der Waals surface area contributed by atoms with Crippen LogP contribution in [0.5, 0.6) is 0 Å². The number of nitriles is 1. The molecule has 5 nitrogen and oxygen atoms in total. The Kier molecular flexibility index (Phi) is 4.54. The predicted molar refractivity (Wildman–Crippen MR) is 87.8 cm³/mol. The van der Waals surface area contributed by atoms with Gasteiger partial charge >= 0.3 is 0 Å². The summed E-state index contributed by atoms with van der Waals surface area (Å²) in [5.41, 5.74) is 13.2. The molecular weight excluding hydrogens is 281 g/mol. The second-order valence-corrected chi connectivity index (χ2v) is 5.06. The van der Waals surface area contributed by atoms with Gasteiger partial charge in [0, 0.05) is 16.8 Å². The molecule has 21 heavy (non-hydrogen) atoms. The van der Waals surface area contributed by atoms with Crippen LogP contribution in [-0.2, 0) is 0 Å². The first-order valence-corrected chi connectivity index (χ1v) is 6.85. The molecule has 0 saturated heterocycles. The standard InChI is InChI=1S/C15H16N5P/c1-9-5-6-12(15(21)19-9)10-3-2-4-11(7-10)14(17)13(8-16)20-18/h2-7,20H,17-18,21H2,1H3/b14-13-. The van der Waals surface area contributed by atoms with Crippen LogP contribution in [0, 0.1) is 18.3 Å². The van der Waals surface area contributed by atoms with Gasteiger partial charge in [0.2, 0.25) is 0 Å². The molecule has 5 N–H and O–H groups in total. The van der Waals surface area contributed by atoms with Crippen molar-refractivity contribution in [3.05, 3.63) is 53.4 Å². The molecule has 0 aliphatic rings. The van der Waals surface area contributed by atoms with Gasteiger partial charge in [0.1, 0.15) is 6.07 Å². The third-order valence-electron chi connectivity index (χ3n) is 3.07. The fourth-order valence-electron chi connectivity index (χ4n) is 1.99. The Balaban J connectivity index is 2.53. The predicted octanol–water partition coefficient (Wildman–Crippen LogP) is 1.17. The third kappa shape index (κ3) is 3.19. The normalized spacial score (nSPS) is 11.5. The maximum atomic E-state index is 8.98. The van der Waals surface area contributed by atoms with E-state index < -0.39 is 0 Å². The summed E-state index contributed by atoms with van der Waals surface area (Å²) in [4.78, 5) is 4.43. The van der Waals surface area contributed by atoms with Gasteiger partial charge in [-0.1, -0.05) is 33.5 Å². The van der Waals surface area contributed by atoms with E-state index in [0.717, 1.165) is 27.8 Å². The quantitative estimate of drug-likeness (QED) is 0.342. The Morgan fingerprint density at radius 1 is 1.33 bits per heavy atom. The highest BCUT2D eigenvalue weighted by molar-refractivity contribution is 7.27. The van der Waals surface area contributed by atoms with E-state index in [1.807, 2.05) is 49.4 Å². The van der Waals surface area contributed by atoms with Crippen LogP contribution in [-0.4, -0.2) is 4.98 Å². The number of hydrazine groups is 1. The van der Waals surface area contributed by atoms with Gasteiger partial charge in [-0.2, -0.15) is 5.26 Å². The zero-order valence-corrected chi connectivity index (χ0v) is 12.7. The fraction of sp³-hybridized carbons (Fsp3) is 0.0667. The zero-order chi connectivity index (χ0) is 15.4. The Bertz CT molecular complexity index is 746. The number of allylic oxidation sites excluding steroid dienone is 1. The lowest BCUT2D eigenvalue weighted by Crippen LogP contribution is -2.23. The Hall–Kier alpha value is -2.41. The van der Waals surface area contributed by atoms with Crippen molar-refractivity contribution < 1.29 is 0 Å². The molecule has 1 heterocycles. The summed E-state index contributed by atoms with van der Waals surface area (Å²) in [5, 5.41) is 8.98. The minimum absolute atomic E-state index is 0.139. The van der Waals surface area contributed by atoms with E-state index in [1.54, 1.807) is 0 Å². The average molecular weight is 297 g/mol. The van der Waals surface area contributed by atoms with Crippen LogP contribution >= 0.6 is 9.24 Å². The molecule has 0 fully saturated rings. The number of hydrogen-bond acceptors (Lipinski definition) is 5. The van der Waals surface area contributed by atoms with E-state index in [0.29, 0.717) is 5.70 Å². The van der Waals surface area contributed by atoms with Gasteiger partial charge in [-0.3, -0.25) is 4.98 Å². The Morgan fingerprint density at radius 3 is 2.71 bits per heavy atom. The summed E-state index contributed by atoms with van der Waals surface area (Å²) in [6.07, 6.45) is 0. The van der Waals surface area contributed by atoms with Gasteiger partial charge in [0.05, 0.1) is 11.1 Å². The highest BCUT2D eigenvalue weighted by atomic mass is 31.0. The van der Waals surface area contributed by atoms with Gasteiger partial charge in [-0.05, 0) is 24.6 Å². The summed E-state index contributed by atoms with van der Waals surface area (Å²) in [6, 6.07) is 13.5. The number of aromatic nitrogens is 1. The van der Waals surface area contributed by atoms with Crippen LogP contribution in [0.1, 0.15) is 11.3 Å². The monoisotopic (exact) mass is 297 g/mol. The number of nitrogens with one attached hydrogen (secondary N) is 1. The van der Waals surface area contributed by atoms with Crippen LogP contribution < -0.4 is 22.4 Å². The summed E-state index contributed by atoms with van der Waals surface area (Å²) in [7, 11) is 2.63. The van der Waals surface area contributed by atoms with E-state index in [4.69, 9.17) is 16.8 Å². The molecule has 0 aliphatic heterocycles. The molecule has 0 saturated carbocycles. The maximum Gasteiger partial charge on any atom is 0.151 e. The van der Waals surface area contributed by atoms with E-state index in [1.165, 1.54) is 0 Å². The molecule has 106 valence electrons. The lowest BCUT2D eigenvalue weighted by Gasteiger charge is -2.10. The van der Waals surface area contributed by atoms with Crippen molar-refractivity contribution in [3.8, 4) is 17.2 Å². The molecule has 0 spiro atoms. The summed E-state index contributed by atoms with van der Waals surface area (Å²) in [6.45, 7) is 1.95. The van der Waals surface area contributed by atoms with Crippen LogP contribution in [0.3, 0.4) is 0 Å². The minimum Gasteiger partial charge on any atom is -0.396 e. The first-order valence-electron chi connectivity index (χ1n) is 6.27. The number of rotatable bonds is 3. The first-order chi connectivity index (χ1) is 10.1. The molecule has 1 aromatic heterocycles. The summed E-state index contributed by atoms with van der Waals surface area (Å²) < 4.78 is 0. The molecule has 1 aromatic carbocycles. The third-order valence-corrected chi connectivity index (χ3v) is 3.51. The number of aryl methyl sites for hydroxylation is 1. The van der Waals surface area contributed by atoms with Crippen molar-refractivity contribution in [3.63, 3.8) is 0 Å². The van der Waals surface area contributed by atoms with Crippen molar-refractivity contribution in [2.75, 3.05) is 0 Å². The average Bonchev–Trinajstić information content (AvgIpc) is 2.48. The summed E-state index contributed by atoms with van der Waals surface area (Å²) >= 11 is 0. The van der Waals surface area contributed by atoms with Gasteiger partial charge < -0.3 is 11.2 Å². The number of hydrogen-bond donors (Lipinski definition) is 3. The van der Waals surface area contributed by atoms with Crippen LogP contribution in [0.25, 0.3) is 16.8 Å². The molecule has 6 heteroatoms. The van der Waals surface area contributed by atoms with Crippen molar-refractivity contribution in [1.82, 2.24) is 10.4 Å². The summed E-state index contributed by atoms with van der Waals surface area (Å²) in [5.74, 6) is 5.29. The maximum absolute atomic E-state index is 8.98. The lowest BCUT2D eigenvalue weighted by atomic mass is 10.0. The van der Waals surface area contributed by atoms with E-state index >= 15 is 0 Å². The van der Waals surface area contributed by atoms with E-state index in [9.17, 15) is 0 Å². The molecule has 1 atom stereocenters. The topological polar surface area (TPSA) is 101 Å². The van der Waals surface area contributed by atoms with E-state index in [2.05, 4.69) is 19.6 Å². The number of nitrogens with two attached hydrogens (primary N) is 2. The zero-order valence-electron chi connectivity index (χ0n) is 11.6. The largest absolute Gasteiger partial charge is 0.396 e.